The van der Waals surface area contributed by atoms with Crippen molar-refractivity contribution in [1.29, 1.82) is 0 Å². The third kappa shape index (κ3) is 2.91. The minimum atomic E-state index is -0.958. The predicted molar refractivity (Wildman–Crippen MR) is 100 cm³/mol. The smallest absolute Gasteiger partial charge is 0.313 e. The number of aliphatic carboxylic acids is 1. The molecule has 144 valence electrons. The van der Waals surface area contributed by atoms with Crippen LogP contribution in [0, 0.1) is 28.1 Å². The fourth-order valence-electron chi connectivity index (χ4n) is 6.15. The number of carbonyl (C=O) groups excluding carboxylic acids is 1. The highest BCUT2D eigenvalue weighted by Crippen LogP contribution is 2.63. The van der Waals surface area contributed by atoms with Crippen molar-refractivity contribution >= 4 is 11.9 Å². The Morgan fingerprint density at radius 3 is 2.69 bits per heavy atom. The Kier molecular flexibility index (Phi) is 4.83. The number of carboxylic acid groups (broad SMARTS) is 1. The van der Waals surface area contributed by atoms with Crippen molar-refractivity contribution < 1.29 is 19.4 Å². The monoisotopic (exact) mass is 360 g/mol. The third-order valence-electron chi connectivity index (χ3n) is 7.72. The fraction of sp³-hybridized carbons (Fsp3) is 0.727. The molecule has 2 fully saturated rings. The molecule has 2 saturated carbocycles. The number of esters is 1. The number of allylic oxidation sites excluding steroid dienone is 3. The topological polar surface area (TPSA) is 63.6 Å². The first kappa shape index (κ1) is 19.2. The van der Waals surface area contributed by atoms with Crippen molar-refractivity contribution in [2.75, 3.05) is 6.61 Å². The van der Waals surface area contributed by atoms with Crippen molar-refractivity contribution in [3.05, 3.63) is 24.3 Å². The lowest BCUT2D eigenvalue weighted by atomic mass is 9.45. The zero-order valence-electron chi connectivity index (χ0n) is 16.3. The summed E-state index contributed by atoms with van der Waals surface area (Å²) in [4.78, 5) is 23.8. The molecular formula is C22H32O4. The Balaban J connectivity index is 1.97. The van der Waals surface area contributed by atoms with E-state index in [0.717, 1.165) is 38.5 Å². The van der Waals surface area contributed by atoms with E-state index < -0.39 is 17.4 Å². The van der Waals surface area contributed by atoms with Crippen LogP contribution in [0.1, 0.15) is 65.7 Å². The molecule has 5 atom stereocenters. The molecule has 0 spiro atoms. The van der Waals surface area contributed by atoms with Crippen LogP contribution < -0.4 is 0 Å². The molecule has 4 nitrogen and oxygen atoms in total. The number of carbonyl (C=O) groups is 2. The van der Waals surface area contributed by atoms with E-state index in [1.165, 1.54) is 12.5 Å². The van der Waals surface area contributed by atoms with Gasteiger partial charge in [0, 0.05) is 6.92 Å². The molecule has 0 aromatic rings. The van der Waals surface area contributed by atoms with Crippen LogP contribution in [0.4, 0.5) is 0 Å². The summed E-state index contributed by atoms with van der Waals surface area (Å²) in [5.74, 6) is -0.754. The first-order chi connectivity index (χ1) is 12.2. The fourth-order valence-corrected chi connectivity index (χ4v) is 6.15. The summed E-state index contributed by atoms with van der Waals surface area (Å²) < 4.78 is 5.27. The van der Waals surface area contributed by atoms with E-state index in [1.807, 2.05) is 0 Å². The normalized spacial score (nSPS) is 42.0. The molecular weight excluding hydrogens is 328 g/mol. The highest BCUT2D eigenvalue weighted by molar-refractivity contribution is 5.76. The van der Waals surface area contributed by atoms with Crippen LogP contribution in [-0.2, 0) is 14.3 Å². The lowest BCUT2D eigenvalue weighted by molar-refractivity contribution is -0.177. The van der Waals surface area contributed by atoms with Gasteiger partial charge in [-0.25, -0.2) is 0 Å². The van der Waals surface area contributed by atoms with E-state index in [0.29, 0.717) is 12.3 Å². The van der Waals surface area contributed by atoms with E-state index in [2.05, 4.69) is 32.6 Å². The van der Waals surface area contributed by atoms with Gasteiger partial charge in [-0.15, -0.1) is 6.58 Å². The molecule has 0 bridgehead atoms. The largest absolute Gasteiger partial charge is 0.481 e. The molecule has 1 N–H and O–H groups in total. The summed E-state index contributed by atoms with van der Waals surface area (Å²) in [5, 5.41) is 10.1. The summed E-state index contributed by atoms with van der Waals surface area (Å²) in [7, 11) is 0. The molecule has 0 amide bonds. The Morgan fingerprint density at radius 1 is 1.35 bits per heavy atom. The molecule has 0 saturated heterocycles. The molecule has 0 aromatic carbocycles. The van der Waals surface area contributed by atoms with E-state index in [1.54, 1.807) is 0 Å². The third-order valence-corrected chi connectivity index (χ3v) is 7.72. The minimum Gasteiger partial charge on any atom is -0.481 e. The molecule has 26 heavy (non-hydrogen) atoms. The van der Waals surface area contributed by atoms with Crippen molar-refractivity contribution in [1.82, 2.24) is 0 Å². The maximum absolute atomic E-state index is 12.4. The highest BCUT2D eigenvalue weighted by atomic mass is 16.5. The zero-order chi connectivity index (χ0) is 19.2. The number of ether oxygens (including phenoxy) is 1. The van der Waals surface area contributed by atoms with Crippen molar-refractivity contribution in [2.24, 2.45) is 28.1 Å². The van der Waals surface area contributed by atoms with Crippen LogP contribution in [-0.4, -0.2) is 23.7 Å². The van der Waals surface area contributed by atoms with Gasteiger partial charge in [0.2, 0.25) is 0 Å². The second kappa shape index (κ2) is 6.54. The van der Waals surface area contributed by atoms with Crippen molar-refractivity contribution in [3.63, 3.8) is 0 Å². The maximum Gasteiger partial charge on any atom is 0.313 e. The van der Waals surface area contributed by atoms with Gasteiger partial charge in [-0.05, 0) is 61.2 Å². The minimum absolute atomic E-state index is 0.00180. The van der Waals surface area contributed by atoms with Gasteiger partial charge in [0.05, 0.1) is 0 Å². The quantitative estimate of drug-likeness (QED) is 0.580. The number of fused-ring (bicyclic) bond motifs is 3. The van der Waals surface area contributed by atoms with Crippen LogP contribution >= 0.6 is 0 Å². The van der Waals surface area contributed by atoms with Gasteiger partial charge in [0.1, 0.15) is 12.0 Å². The molecule has 0 radical (unpaired) electrons. The molecule has 3 aliphatic rings. The Morgan fingerprint density at radius 2 is 2.08 bits per heavy atom. The van der Waals surface area contributed by atoms with E-state index in [4.69, 9.17) is 4.74 Å². The summed E-state index contributed by atoms with van der Waals surface area (Å²) >= 11 is 0. The SMILES string of the molecule is C=C[C@@]1(C)CC[C@H]2C(=CC[C@H]3[C@@](COC(C)=O)(C(=O)O)CCC[C@]23C)C1. The van der Waals surface area contributed by atoms with Crippen LogP contribution in [0.2, 0.25) is 0 Å². The Bertz CT molecular complexity index is 651. The van der Waals surface area contributed by atoms with Gasteiger partial charge < -0.3 is 9.84 Å². The zero-order valence-corrected chi connectivity index (χ0v) is 16.3. The molecule has 4 heteroatoms. The summed E-state index contributed by atoms with van der Waals surface area (Å²) in [5.41, 5.74) is 0.650. The standard InChI is InChI=1S/C22H32O4/c1-5-20(3)12-9-17-16(13-20)7-8-18-21(17,4)10-6-11-22(18,19(24)25)14-26-15(2)23/h5,7,17-18H,1,6,8-14H2,2-4H3,(H,24,25)/t17-,18+,20-,21+,22+/m0/s1. The van der Waals surface area contributed by atoms with Crippen LogP contribution in [0.25, 0.3) is 0 Å². The van der Waals surface area contributed by atoms with Crippen molar-refractivity contribution in [3.8, 4) is 0 Å². The van der Waals surface area contributed by atoms with Crippen LogP contribution in [0.15, 0.2) is 24.3 Å². The summed E-state index contributed by atoms with van der Waals surface area (Å²) in [6.07, 6.45) is 10.9. The second-order valence-electron chi connectivity index (χ2n) is 9.29. The van der Waals surface area contributed by atoms with Crippen LogP contribution in [0.5, 0.6) is 0 Å². The summed E-state index contributed by atoms with van der Waals surface area (Å²) in [6.45, 7) is 9.94. The average molecular weight is 360 g/mol. The molecule has 3 rings (SSSR count). The van der Waals surface area contributed by atoms with E-state index in [-0.39, 0.29) is 23.4 Å². The Hall–Kier alpha value is -1.58. The summed E-state index contributed by atoms with van der Waals surface area (Å²) in [6, 6.07) is 0. The molecule has 3 aliphatic carbocycles. The second-order valence-corrected chi connectivity index (χ2v) is 9.29. The maximum atomic E-state index is 12.4. The molecule has 0 heterocycles. The van der Waals surface area contributed by atoms with Gasteiger partial charge in [-0.2, -0.15) is 0 Å². The van der Waals surface area contributed by atoms with Gasteiger partial charge in [-0.3, -0.25) is 9.59 Å². The van der Waals surface area contributed by atoms with Gasteiger partial charge in [-0.1, -0.05) is 38.0 Å². The number of rotatable bonds is 4. The lowest BCUT2D eigenvalue weighted by Gasteiger charge is -2.59. The van der Waals surface area contributed by atoms with Crippen LogP contribution in [0.3, 0.4) is 0 Å². The van der Waals surface area contributed by atoms with Gasteiger partial charge in [0.25, 0.3) is 0 Å². The first-order valence-corrected chi connectivity index (χ1v) is 9.86. The number of hydrogen-bond donors (Lipinski definition) is 1. The van der Waals surface area contributed by atoms with E-state index >= 15 is 0 Å². The van der Waals surface area contributed by atoms with Gasteiger partial charge >= 0.3 is 11.9 Å². The highest BCUT2D eigenvalue weighted by Gasteiger charge is 2.60. The van der Waals surface area contributed by atoms with Crippen molar-refractivity contribution in [2.45, 2.75) is 65.7 Å². The molecule has 0 aliphatic heterocycles. The number of carboxylic acids is 1. The predicted octanol–water partition coefficient (Wildman–Crippen LogP) is 4.75. The molecule has 0 unspecified atom stereocenters. The first-order valence-electron chi connectivity index (χ1n) is 9.86. The molecule has 0 aromatic heterocycles. The number of hydrogen-bond acceptors (Lipinski definition) is 3. The van der Waals surface area contributed by atoms with E-state index in [9.17, 15) is 14.7 Å². The lowest BCUT2D eigenvalue weighted by Crippen LogP contribution is -2.56. The Labute approximate surface area is 156 Å². The van der Waals surface area contributed by atoms with Gasteiger partial charge in [0.15, 0.2) is 0 Å². The average Bonchev–Trinajstić information content (AvgIpc) is 2.58.